The number of aromatic nitrogens is 1. The van der Waals surface area contributed by atoms with Crippen LogP contribution in [0.5, 0.6) is 0 Å². The third kappa shape index (κ3) is 3.63. The monoisotopic (exact) mass is 392 g/mol. The molecule has 1 amide bonds. The fourth-order valence-electron chi connectivity index (χ4n) is 2.82. The van der Waals surface area contributed by atoms with E-state index in [2.05, 4.69) is 20.0 Å². The van der Waals surface area contributed by atoms with Crippen LogP contribution in [0.3, 0.4) is 0 Å². The molecule has 0 saturated carbocycles. The zero-order valence-corrected chi connectivity index (χ0v) is 15.5. The zero-order chi connectivity index (χ0) is 19.6. The quantitative estimate of drug-likeness (QED) is 0.711. The predicted molar refractivity (Wildman–Crippen MR) is 106 cm³/mol. The first-order valence-corrected chi connectivity index (χ1v) is 9.95. The highest BCUT2D eigenvalue weighted by atomic mass is 32.2. The van der Waals surface area contributed by atoms with Gasteiger partial charge in [0.2, 0.25) is 0 Å². The van der Waals surface area contributed by atoms with Gasteiger partial charge >= 0.3 is 0 Å². The Bertz CT molecular complexity index is 1160. The standard InChI is InChI=1S/C20H16N4O3S/c25-20(22-13-14-4-3-11-21-12-14)15-7-9-16(10-8-15)23-19-17-5-1-2-6-18(17)28(26,27)24-19/h1-12H,13H2,(H,22,25)(H,23,24). The van der Waals surface area contributed by atoms with Crippen molar-refractivity contribution >= 4 is 27.5 Å². The minimum Gasteiger partial charge on any atom is -0.348 e. The number of amides is 1. The van der Waals surface area contributed by atoms with Gasteiger partial charge in [-0.15, -0.1) is 4.40 Å². The third-order valence-corrected chi connectivity index (χ3v) is 5.55. The lowest BCUT2D eigenvalue weighted by Gasteiger charge is -2.08. The Hall–Kier alpha value is -3.52. The summed E-state index contributed by atoms with van der Waals surface area (Å²) in [6.45, 7) is 0.387. The molecule has 2 N–H and O–H groups in total. The van der Waals surface area contributed by atoms with Crippen molar-refractivity contribution in [3.63, 3.8) is 0 Å². The van der Waals surface area contributed by atoms with Crippen molar-refractivity contribution in [3.05, 3.63) is 89.7 Å². The molecule has 2 aromatic carbocycles. The zero-order valence-electron chi connectivity index (χ0n) is 14.7. The molecule has 0 fully saturated rings. The van der Waals surface area contributed by atoms with Crippen LogP contribution >= 0.6 is 0 Å². The number of hydrogen-bond acceptors (Lipinski definition) is 5. The van der Waals surface area contributed by atoms with Crippen molar-refractivity contribution in [1.29, 1.82) is 0 Å². The fraction of sp³-hybridized carbons (Fsp3) is 0.0500. The molecule has 140 valence electrons. The molecule has 0 unspecified atom stereocenters. The molecule has 1 aromatic heterocycles. The largest absolute Gasteiger partial charge is 0.348 e. The molecule has 0 spiro atoms. The first-order valence-electron chi connectivity index (χ1n) is 8.51. The van der Waals surface area contributed by atoms with Crippen LogP contribution in [0.1, 0.15) is 21.5 Å². The topological polar surface area (TPSA) is 101 Å². The summed E-state index contributed by atoms with van der Waals surface area (Å²) < 4.78 is 28.0. The summed E-state index contributed by atoms with van der Waals surface area (Å²) in [4.78, 5) is 16.5. The lowest BCUT2D eigenvalue weighted by Crippen LogP contribution is -2.22. The lowest BCUT2D eigenvalue weighted by molar-refractivity contribution is 0.0951. The molecular weight excluding hydrogens is 376 g/mol. The number of anilines is 1. The van der Waals surface area contributed by atoms with E-state index in [1.54, 1.807) is 54.9 Å². The highest BCUT2D eigenvalue weighted by Crippen LogP contribution is 2.26. The summed E-state index contributed by atoms with van der Waals surface area (Å²) in [6, 6.07) is 17.1. The molecule has 0 saturated heterocycles. The number of carbonyl (C=O) groups excluding carboxylic acids is 1. The minimum atomic E-state index is -3.67. The number of fused-ring (bicyclic) bond motifs is 1. The van der Waals surface area contributed by atoms with E-state index in [1.165, 1.54) is 6.07 Å². The maximum absolute atomic E-state index is 12.3. The van der Waals surface area contributed by atoms with Gasteiger partial charge in [-0.2, -0.15) is 8.42 Å². The number of amidine groups is 1. The van der Waals surface area contributed by atoms with Gasteiger partial charge in [0.1, 0.15) is 4.90 Å². The second-order valence-electron chi connectivity index (χ2n) is 6.16. The molecular formula is C20H16N4O3S. The Morgan fingerprint density at radius 2 is 1.75 bits per heavy atom. The maximum Gasteiger partial charge on any atom is 0.285 e. The van der Waals surface area contributed by atoms with E-state index in [4.69, 9.17) is 0 Å². The Balaban J connectivity index is 1.45. The highest BCUT2D eigenvalue weighted by Gasteiger charge is 2.28. The fourth-order valence-corrected chi connectivity index (χ4v) is 4.00. The van der Waals surface area contributed by atoms with Crippen LogP contribution in [-0.2, 0) is 16.6 Å². The highest BCUT2D eigenvalue weighted by molar-refractivity contribution is 7.90. The van der Waals surface area contributed by atoms with Gasteiger partial charge in [0.15, 0.2) is 5.84 Å². The molecule has 1 aliphatic heterocycles. The Kier molecular flexibility index (Phi) is 4.62. The number of nitrogens with one attached hydrogen (secondary N) is 2. The molecule has 0 aliphatic carbocycles. The van der Waals surface area contributed by atoms with E-state index in [-0.39, 0.29) is 16.6 Å². The molecule has 28 heavy (non-hydrogen) atoms. The van der Waals surface area contributed by atoms with Crippen LogP contribution in [0, 0.1) is 0 Å². The van der Waals surface area contributed by atoms with E-state index in [9.17, 15) is 13.2 Å². The summed E-state index contributed by atoms with van der Waals surface area (Å²) in [7, 11) is -3.67. The van der Waals surface area contributed by atoms with Crippen molar-refractivity contribution in [3.8, 4) is 0 Å². The van der Waals surface area contributed by atoms with Gasteiger partial charge in [0.25, 0.3) is 15.9 Å². The number of sulfonamides is 1. The SMILES string of the molecule is O=C(NCc1cccnc1)c1ccc(NC2=NS(=O)(=O)c3ccccc32)cc1. The van der Waals surface area contributed by atoms with Crippen molar-refractivity contribution < 1.29 is 13.2 Å². The molecule has 1 aliphatic rings. The van der Waals surface area contributed by atoms with E-state index < -0.39 is 10.0 Å². The van der Waals surface area contributed by atoms with Crippen LogP contribution in [0.2, 0.25) is 0 Å². The molecule has 0 bridgehead atoms. The van der Waals surface area contributed by atoms with Crippen molar-refractivity contribution in [2.45, 2.75) is 11.4 Å². The molecule has 7 nitrogen and oxygen atoms in total. The predicted octanol–water partition coefficient (Wildman–Crippen LogP) is 2.57. The van der Waals surface area contributed by atoms with Gasteiger partial charge in [-0.3, -0.25) is 9.78 Å². The number of pyridine rings is 1. The van der Waals surface area contributed by atoms with E-state index in [0.29, 0.717) is 23.4 Å². The van der Waals surface area contributed by atoms with Crippen LogP contribution in [0.25, 0.3) is 0 Å². The Labute approximate surface area is 162 Å². The smallest absolute Gasteiger partial charge is 0.285 e. The minimum absolute atomic E-state index is 0.184. The normalized spacial score (nSPS) is 14.1. The lowest BCUT2D eigenvalue weighted by atomic mass is 10.1. The molecule has 2 heterocycles. The van der Waals surface area contributed by atoms with Gasteiger partial charge in [-0.25, -0.2) is 0 Å². The van der Waals surface area contributed by atoms with Gasteiger partial charge in [0, 0.05) is 35.8 Å². The average molecular weight is 392 g/mol. The first kappa shape index (κ1) is 17.9. The van der Waals surface area contributed by atoms with Gasteiger partial charge in [0.05, 0.1) is 0 Å². The van der Waals surface area contributed by atoms with Gasteiger partial charge in [-0.05, 0) is 48.0 Å². The summed E-state index contributed by atoms with van der Waals surface area (Å²) in [5.41, 5.74) is 2.57. The number of hydrogen-bond donors (Lipinski definition) is 2. The number of carbonyl (C=O) groups is 1. The van der Waals surface area contributed by atoms with E-state index in [1.807, 2.05) is 12.1 Å². The average Bonchev–Trinajstić information content (AvgIpc) is 2.98. The first-order chi connectivity index (χ1) is 13.5. The summed E-state index contributed by atoms with van der Waals surface area (Å²) in [5.74, 6) is 0.0610. The second-order valence-corrected chi connectivity index (χ2v) is 7.73. The second kappa shape index (κ2) is 7.24. The van der Waals surface area contributed by atoms with Gasteiger partial charge < -0.3 is 10.6 Å². The number of nitrogens with zero attached hydrogens (tertiary/aromatic N) is 2. The van der Waals surface area contributed by atoms with Crippen LogP contribution in [0.15, 0.2) is 82.4 Å². The van der Waals surface area contributed by atoms with Crippen molar-refractivity contribution in [2.24, 2.45) is 4.40 Å². The summed E-state index contributed by atoms with van der Waals surface area (Å²) >= 11 is 0. The van der Waals surface area contributed by atoms with Crippen LogP contribution in [-0.4, -0.2) is 25.1 Å². The summed E-state index contributed by atoms with van der Waals surface area (Å²) in [5, 5.41) is 5.84. The van der Waals surface area contributed by atoms with Crippen molar-refractivity contribution in [2.75, 3.05) is 5.32 Å². The molecule has 4 rings (SSSR count). The van der Waals surface area contributed by atoms with E-state index in [0.717, 1.165) is 5.56 Å². The van der Waals surface area contributed by atoms with E-state index >= 15 is 0 Å². The molecule has 0 atom stereocenters. The third-order valence-electron chi connectivity index (χ3n) is 4.22. The summed E-state index contributed by atoms with van der Waals surface area (Å²) in [6.07, 6.45) is 3.37. The Morgan fingerprint density at radius 3 is 2.50 bits per heavy atom. The maximum atomic E-state index is 12.3. The van der Waals surface area contributed by atoms with Crippen LogP contribution in [0.4, 0.5) is 5.69 Å². The van der Waals surface area contributed by atoms with Gasteiger partial charge in [-0.1, -0.05) is 18.2 Å². The number of rotatable bonds is 4. The number of benzene rings is 2. The van der Waals surface area contributed by atoms with Crippen LogP contribution < -0.4 is 10.6 Å². The molecule has 0 radical (unpaired) electrons. The molecule has 8 heteroatoms. The van der Waals surface area contributed by atoms with Crippen molar-refractivity contribution in [1.82, 2.24) is 10.3 Å². The molecule has 3 aromatic rings. The Morgan fingerprint density at radius 1 is 0.964 bits per heavy atom.